The fourth-order valence-corrected chi connectivity index (χ4v) is 7.65. The number of allylic oxidation sites excluding steroid dienone is 3. The quantitative estimate of drug-likeness (QED) is 0.488. The van der Waals surface area contributed by atoms with Gasteiger partial charge in [-0.2, -0.15) is 0 Å². The number of benzene rings is 1. The molecule has 2 N–H and O–H groups in total. The van der Waals surface area contributed by atoms with Gasteiger partial charge >= 0.3 is 12.1 Å². The van der Waals surface area contributed by atoms with Gasteiger partial charge in [-0.3, -0.25) is 9.69 Å². The van der Waals surface area contributed by atoms with Crippen LogP contribution in [0.5, 0.6) is 5.75 Å². The lowest BCUT2D eigenvalue weighted by Gasteiger charge is -2.41. The van der Waals surface area contributed by atoms with Crippen LogP contribution in [0.15, 0.2) is 35.6 Å². The third kappa shape index (κ3) is 7.36. The number of rotatable bonds is 6. The molecule has 11 nitrogen and oxygen atoms in total. The lowest BCUT2D eigenvalue weighted by atomic mass is 10.00. The van der Waals surface area contributed by atoms with E-state index >= 15 is 0 Å². The number of aryl methyl sites for hydroxylation is 2. The standard InChI is InChI=1S/C35H49N5O6/c1-24-21-26(22-25(2)32(24)41)23-31(33(42)38-17-15-37(16-18-38)28-10-19-45-20-11-28)46-35(44)39-12-8-29(9-13-39)40-14-7-27-5-3-4-6-30(27)36-34(40)43/h5-6,21-22,28-29,31,41H,3-4,7-20,23H2,1-2H3,(H,36,43)/t31-/m1/s1. The first-order chi connectivity index (χ1) is 22.3. The van der Waals surface area contributed by atoms with Crippen LogP contribution in [0.2, 0.25) is 0 Å². The van der Waals surface area contributed by atoms with Gasteiger partial charge in [-0.1, -0.05) is 24.3 Å². The van der Waals surface area contributed by atoms with Gasteiger partial charge in [0.15, 0.2) is 6.10 Å². The first kappa shape index (κ1) is 32.4. The molecule has 1 aromatic carbocycles. The summed E-state index contributed by atoms with van der Waals surface area (Å²) in [5, 5.41) is 13.4. The van der Waals surface area contributed by atoms with Gasteiger partial charge in [-0.15, -0.1) is 0 Å². The predicted octanol–water partition coefficient (Wildman–Crippen LogP) is 3.86. The van der Waals surface area contributed by atoms with Crippen molar-refractivity contribution in [2.45, 2.75) is 83.4 Å². The fourth-order valence-electron chi connectivity index (χ4n) is 7.65. The summed E-state index contributed by atoms with van der Waals surface area (Å²) in [4.78, 5) is 48.5. The Bertz CT molecular complexity index is 1330. The maximum Gasteiger partial charge on any atom is 0.410 e. The highest BCUT2D eigenvalue weighted by molar-refractivity contribution is 5.84. The minimum absolute atomic E-state index is 0.0396. The molecule has 46 heavy (non-hydrogen) atoms. The molecule has 1 atom stereocenters. The van der Waals surface area contributed by atoms with Crippen LogP contribution in [-0.2, 0) is 20.7 Å². The number of urea groups is 1. The maximum atomic E-state index is 14.0. The minimum atomic E-state index is -0.968. The number of carbonyl (C=O) groups excluding carboxylic acids is 3. The first-order valence-corrected chi connectivity index (χ1v) is 17.1. The van der Waals surface area contributed by atoms with Gasteiger partial charge in [-0.05, 0) is 81.1 Å². The van der Waals surface area contributed by atoms with Crippen LogP contribution < -0.4 is 5.32 Å². The Hall–Kier alpha value is -3.57. The molecule has 0 saturated carbocycles. The summed E-state index contributed by atoms with van der Waals surface area (Å²) in [5.41, 5.74) is 4.45. The molecule has 5 aliphatic rings. The van der Waals surface area contributed by atoms with Gasteiger partial charge < -0.3 is 34.6 Å². The number of piperidine rings is 1. The molecule has 4 saturated heterocycles. The largest absolute Gasteiger partial charge is 0.507 e. The average molecular weight is 636 g/mol. The number of amides is 4. The average Bonchev–Trinajstić information content (AvgIpc) is 3.25. The number of nitrogens with zero attached hydrogens (tertiary/aromatic N) is 4. The molecule has 250 valence electrons. The normalized spacial score (nSPS) is 22.7. The van der Waals surface area contributed by atoms with E-state index in [1.165, 1.54) is 5.57 Å². The number of nitrogens with one attached hydrogen (secondary N) is 1. The number of phenols is 1. The number of phenolic OH excluding ortho intramolecular Hbond substituents is 1. The van der Waals surface area contributed by atoms with Crippen LogP contribution >= 0.6 is 0 Å². The summed E-state index contributed by atoms with van der Waals surface area (Å²) in [6.07, 6.45) is 9.25. The summed E-state index contributed by atoms with van der Waals surface area (Å²) in [5.74, 6) is 0.0607. The van der Waals surface area contributed by atoms with Gasteiger partial charge in [0.2, 0.25) is 0 Å². The van der Waals surface area contributed by atoms with Crippen LogP contribution in [-0.4, -0.2) is 120 Å². The van der Waals surface area contributed by atoms with Crippen LogP contribution in [0.1, 0.15) is 61.6 Å². The maximum absolute atomic E-state index is 14.0. The van der Waals surface area contributed by atoms with Gasteiger partial charge in [-0.25, -0.2) is 9.59 Å². The van der Waals surface area contributed by atoms with Gasteiger partial charge in [0.1, 0.15) is 5.75 Å². The van der Waals surface area contributed by atoms with Crippen LogP contribution in [0.4, 0.5) is 9.59 Å². The van der Waals surface area contributed by atoms with Crippen LogP contribution in [0.25, 0.3) is 0 Å². The smallest absolute Gasteiger partial charge is 0.410 e. The zero-order chi connectivity index (χ0) is 32.2. The van der Waals surface area contributed by atoms with E-state index in [4.69, 9.17) is 9.47 Å². The number of fused-ring (bicyclic) bond motifs is 1. The van der Waals surface area contributed by atoms with Gasteiger partial charge in [0.05, 0.1) is 0 Å². The van der Waals surface area contributed by atoms with Crippen LogP contribution in [0.3, 0.4) is 0 Å². The molecular weight excluding hydrogens is 586 g/mol. The van der Waals surface area contributed by atoms with E-state index in [9.17, 15) is 19.5 Å². The summed E-state index contributed by atoms with van der Waals surface area (Å²) in [6.45, 7) is 9.58. The minimum Gasteiger partial charge on any atom is -0.507 e. The van der Waals surface area contributed by atoms with Crippen molar-refractivity contribution < 1.29 is 29.0 Å². The van der Waals surface area contributed by atoms with Crippen molar-refractivity contribution in [2.24, 2.45) is 0 Å². The van der Waals surface area contributed by atoms with Crippen molar-refractivity contribution in [1.82, 2.24) is 24.9 Å². The van der Waals surface area contributed by atoms with Gasteiger partial charge in [0.25, 0.3) is 5.91 Å². The Morgan fingerprint density at radius 3 is 2.28 bits per heavy atom. The summed E-state index contributed by atoms with van der Waals surface area (Å²) < 4.78 is 11.6. The second-order valence-corrected chi connectivity index (χ2v) is 13.4. The topological polar surface area (TPSA) is 115 Å². The number of piperazine rings is 1. The lowest BCUT2D eigenvalue weighted by Crippen LogP contribution is -2.56. The number of hydrogen-bond donors (Lipinski definition) is 2. The van der Waals surface area contributed by atoms with E-state index in [1.807, 2.05) is 35.8 Å². The Morgan fingerprint density at radius 1 is 0.913 bits per heavy atom. The summed E-state index contributed by atoms with van der Waals surface area (Å²) in [7, 11) is 0. The second kappa shape index (κ2) is 14.5. The molecule has 0 unspecified atom stereocenters. The van der Waals surface area contributed by atoms with E-state index in [1.54, 1.807) is 4.90 Å². The Morgan fingerprint density at radius 2 is 1.59 bits per heavy atom. The van der Waals surface area contributed by atoms with Crippen molar-refractivity contribution in [2.75, 3.05) is 59.0 Å². The number of aromatic hydroxyl groups is 1. The molecule has 4 amide bonds. The molecular formula is C35H49N5O6. The third-order valence-electron chi connectivity index (χ3n) is 10.4. The van der Waals surface area contributed by atoms with Crippen molar-refractivity contribution in [3.8, 4) is 5.75 Å². The monoisotopic (exact) mass is 635 g/mol. The SMILES string of the molecule is Cc1cc(C[C@@H](OC(=O)N2CCC(N3CCC4=CCCC=C4NC3=O)CC2)C(=O)N2CCN(C3CCOCC3)CC2)cc(C)c1O. The number of ether oxygens (including phenoxy) is 2. The second-order valence-electron chi connectivity index (χ2n) is 13.4. The molecule has 4 fully saturated rings. The molecule has 1 aliphatic carbocycles. The third-order valence-corrected chi connectivity index (χ3v) is 10.4. The molecule has 0 bridgehead atoms. The fraction of sp³-hybridized carbons (Fsp3) is 0.629. The molecule has 11 heteroatoms. The molecule has 0 radical (unpaired) electrons. The molecule has 0 spiro atoms. The lowest BCUT2D eigenvalue weighted by molar-refractivity contribution is -0.143. The molecule has 4 aliphatic heterocycles. The zero-order valence-electron chi connectivity index (χ0n) is 27.3. The highest BCUT2D eigenvalue weighted by atomic mass is 16.6. The van der Waals surface area contributed by atoms with E-state index in [0.717, 1.165) is 80.8 Å². The highest BCUT2D eigenvalue weighted by Crippen LogP contribution is 2.28. The van der Waals surface area contributed by atoms with E-state index in [2.05, 4.69) is 22.4 Å². The summed E-state index contributed by atoms with van der Waals surface area (Å²) in [6, 6.07) is 4.18. The Kier molecular flexibility index (Phi) is 10.2. The molecule has 6 rings (SSSR count). The van der Waals surface area contributed by atoms with E-state index in [0.29, 0.717) is 51.6 Å². The Labute approximate surface area is 272 Å². The van der Waals surface area contributed by atoms with E-state index < -0.39 is 12.2 Å². The van der Waals surface area contributed by atoms with Crippen molar-refractivity contribution >= 4 is 18.0 Å². The number of likely N-dealkylation sites (tertiary alicyclic amines) is 1. The van der Waals surface area contributed by atoms with E-state index in [-0.39, 0.29) is 30.2 Å². The Balaban J connectivity index is 1.09. The van der Waals surface area contributed by atoms with Crippen LogP contribution in [0, 0.1) is 13.8 Å². The molecule has 0 aromatic heterocycles. The zero-order valence-corrected chi connectivity index (χ0v) is 27.3. The van der Waals surface area contributed by atoms with Crippen molar-refractivity contribution in [3.63, 3.8) is 0 Å². The predicted molar refractivity (Wildman–Crippen MR) is 173 cm³/mol. The number of carbonyl (C=O) groups is 3. The first-order valence-electron chi connectivity index (χ1n) is 17.1. The van der Waals surface area contributed by atoms with Crippen molar-refractivity contribution in [3.05, 3.63) is 52.2 Å². The van der Waals surface area contributed by atoms with Gasteiger partial charge in [0, 0.05) is 83.2 Å². The highest BCUT2D eigenvalue weighted by Gasteiger charge is 2.36. The molecule has 1 aromatic rings. The summed E-state index contributed by atoms with van der Waals surface area (Å²) >= 11 is 0. The number of hydrogen-bond acceptors (Lipinski definition) is 7. The molecule has 4 heterocycles. The van der Waals surface area contributed by atoms with Crippen molar-refractivity contribution in [1.29, 1.82) is 0 Å².